The fourth-order valence-electron chi connectivity index (χ4n) is 2.59. The van der Waals surface area contributed by atoms with Gasteiger partial charge in [-0.3, -0.25) is 4.68 Å². The smallest absolute Gasteiger partial charge is 0.244 e. The Labute approximate surface area is 114 Å². The van der Waals surface area contributed by atoms with Crippen molar-refractivity contribution in [3.63, 3.8) is 0 Å². The van der Waals surface area contributed by atoms with E-state index in [1.54, 1.807) is 18.5 Å². The van der Waals surface area contributed by atoms with Gasteiger partial charge >= 0.3 is 0 Å². The molecule has 0 radical (unpaired) electrons. The number of hydrogen-bond donors (Lipinski definition) is 2. The number of aryl methyl sites for hydroxylation is 1. The Morgan fingerprint density at radius 1 is 1.42 bits per heavy atom. The highest BCUT2D eigenvalue weighted by molar-refractivity contribution is 7.89. The second-order valence-electron chi connectivity index (χ2n) is 5.53. The molecular weight excluding hydrogens is 264 g/mol. The highest BCUT2D eigenvalue weighted by Gasteiger charge is 2.38. The van der Waals surface area contributed by atoms with Gasteiger partial charge < -0.3 is 5.73 Å². The van der Waals surface area contributed by atoms with Crippen LogP contribution in [0.2, 0.25) is 0 Å². The standard InChI is InChI=1S/C12H22N4O2S/c1-9-11(10(2)16(14-9)8-7-13)19(17,18)15-12(3)5-4-6-12/h15H,4-8,13H2,1-3H3. The maximum absolute atomic E-state index is 12.5. The minimum Gasteiger partial charge on any atom is -0.329 e. The van der Waals surface area contributed by atoms with Crippen LogP contribution in [-0.4, -0.2) is 30.3 Å². The van der Waals surface area contributed by atoms with E-state index in [1.807, 2.05) is 6.92 Å². The van der Waals surface area contributed by atoms with Gasteiger partial charge in [-0.2, -0.15) is 5.10 Å². The summed E-state index contributed by atoms with van der Waals surface area (Å²) in [5.41, 5.74) is 6.39. The van der Waals surface area contributed by atoms with Crippen LogP contribution in [0, 0.1) is 13.8 Å². The first-order valence-electron chi connectivity index (χ1n) is 6.57. The fourth-order valence-corrected chi connectivity index (χ4v) is 4.47. The molecule has 0 unspecified atom stereocenters. The van der Waals surface area contributed by atoms with E-state index in [9.17, 15) is 8.42 Å². The quantitative estimate of drug-likeness (QED) is 0.833. The molecule has 1 saturated carbocycles. The van der Waals surface area contributed by atoms with E-state index < -0.39 is 10.0 Å². The Morgan fingerprint density at radius 3 is 2.53 bits per heavy atom. The Morgan fingerprint density at radius 2 is 2.05 bits per heavy atom. The van der Waals surface area contributed by atoms with Gasteiger partial charge in [0.25, 0.3) is 0 Å². The van der Waals surface area contributed by atoms with Gasteiger partial charge in [-0.1, -0.05) is 0 Å². The normalized spacial score (nSPS) is 18.3. The molecule has 0 atom stereocenters. The first-order chi connectivity index (χ1) is 8.79. The van der Waals surface area contributed by atoms with Crippen molar-refractivity contribution >= 4 is 10.0 Å². The Balaban J connectivity index is 2.35. The van der Waals surface area contributed by atoms with Crippen LogP contribution >= 0.6 is 0 Å². The topological polar surface area (TPSA) is 90.0 Å². The lowest BCUT2D eigenvalue weighted by molar-refractivity contribution is 0.248. The summed E-state index contributed by atoms with van der Waals surface area (Å²) in [6.45, 7) is 6.40. The lowest BCUT2D eigenvalue weighted by Gasteiger charge is -2.38. The van der Waals surface area contributed by atoms with Gasteiger partial charge in [0.05, 0.1) is 17.9 Å². The molecular formula is C12H22N4O2S. The number of rotatable bonds is 5. The largest absolute Gasteiger partial charge is 0.329 e. The van der Waals surface area contributed by atoms with Gasteiger partial charge in [-0.05, 0) is 40.0 Å². The first-order valence-corrected chi connectivity index (χ1v) is 8.05. The molecule has 1 aliphatic rings. The van der Waals surface area contributed by atoms with E-state index >= 15 is 0 Å². The SMILES string of the molecule is Cc1nn(CCN)c(C)c1S(=O)(=O)NC1(C)CCC1. The molecule has 0 aliphatic heterocycles. The van der Waals surface area contributed by atoms with Crippen molar-refractivity contribution < 1.29 is 8.42 Å². The third-order valence-electron chi connectivity index (χ3n) is 3.76. The van der Waals surface area contributed by atoms with Crippen LogP contribution in [0.3, 0.4) is 0 Å². The molecule has 6 nitrogen and oxygen atoms in total. The minimum absolute atomic E-state index is 0.298. The van der Waals surface area contributed by atoms with Crippen molar-refractivity contribution in [3.05, 3.63) is 11.4 Å². The third kappa shape index (κ3) is 2.68. The molecule has 1 fully saturated rings. The van der Waals surface area contributed by atoms with Crippen LogP contribution in [0.4, 0.5) is 0 Å². The lowest BCUT2D eigenvalue weighted by Crippen LogP contribution is -2.50. The number of nitrogens with one attached hydrogen (secondary N) is 1. The summed E-state index contributed by atoms with van der Waals surface area (Å²) >= 11 is 0. The summed E-state index contributed by atoms with van der Waals surface area (Å²) in [5, 5.41) is 4.26. The summed E-state index contributed by atoms with van der Waals surface area (Å²) in [5.74, 6) is 0. The molecule has 1 aromatic rings. The first kappa shape index (κ1) is 14.5. The van der Waals surface area contributed by atoms with Crippen molar-refractivity contribution in [1.29, 1.82) is 0 Å². The average molecular weight is 286 g/mol. The molecule has 108 valence electrons. The molecule has 19 heavy (non-hydrogen) atoms. The number of sulfonamides is 1. The van der Waals surface area contributed by atoms with Gasteiger partial charge in [0.2, 0.25) is 10.0 Å². The van der Waals surface area contributed by atoms with E-state index in [-0.39, 0.29) is 5.54 Å². The van der Waals surface area contributed by atoms with Crippen LogP contribution in [-0.2, 0) is 16.6 Å². The zero-order valence-corrected chi connectivity index (χ0v) is 12.5. The summed E-state index contributed by atoms with van der Waals surface area (Å²) < 4.78 is 29.5. The molecule has 7 heteroatoms. The van der Waals surface area contributed by atoms with Crippen LogP contribution < -0.4 is 10.5 Å². The Hall–Kier alpha value is -0.920. The van der Waals surface area contributed by atoms with Crippen LogP contribution in [0.25, 0.3) is 0 Å². The second-order valence-corrected chi connectivity index (χ2v) is 7.15. The van der Waals surface area contributed by atoms with Crippen molar-refractivity contribution in [3.8, 4) is 0 Å². The second kappa shape index (κ2) is 4.88. The molecule has 2 rings (SSSR count). The predicted octanol–water partition coefficient (Wildman–Crippen LogP) is 0.680. The molecule has 1 aromatic heterocycles. The molecule has 0 amide bonds. The van der Waals surface area contributed by atoms with E-state index in [0.29, 0.717) is 29.4 Å². The van der Waals surface area contributed by atoms with Crippen LogP contribution in [0.1, 0.15) is 37.6 Å². The monoisotopic (exact) mass is 286 g/mol. The number of hydrogen-bond acceptors (Lipinski definition) is 4. The van der Waals surface area contributed by atoms with E-state index in [4.69, 9.17) is 5.73 Å². The maximum Gasteiger partial charge on any atom is 0.244 e. The molecule has 0 bridgehead atoms. The zero-order chi connectivity index (χ0) is 14.3. The molecule has 0 aromatic carbocycles. The molecule has 1 aliphatic carbocycles. The van der Waals surface area contributed by atoms with Gasteiger partial charge in [0, 0.05) is 12.1 Å². The van der Waals surface area contributed by atoms with Gasteiger partial charge in [0.15, 0.2) is 0 Å². The Kier molecular flexibility index (Phi) is 3.72. The summed E-state index contributed by atoms with van der Waals surface area (Å²) in [7, 11) is -3.51. The van der Waals surface area contributed by atoms with Crippen LogP contribution in [0.5, 0.6) is 0 Å². The predicted molar refractivity (Wildman–Crippen MR) is 73.3 cm³/mol. The number of aromatic nitrogens is 2. The molecule has 3 N–H and O–H groups in total. The minimum atomic E-state index is -3.51. The van der Waals surface area contributed by atoms with E-state index in [0.717, 1.165) is 19.3 Å². The average Bonchev–Trinajstić information content (AvgIpc) is 2.52. The fraction of sp³-hybridized carbons (Fsp3) is 0.750. The van der Waals surface area contributed by atoms with Crippen molar-refractivity contribution in [1.82, 2.24) is 14.5 Å². The Bertz CT molecular complexity index is 573. The number of nitrogens with zero attached hydrogens (tertiary/aromatic N) is 2. The van der Waals surface area contributed by atoms with Gasteiger partial charge in [-0.15, -0.1) is 0 Å². The lowest BCUT2D eigenvalue weighted by atomic mass is 9.80. The van der Waals surface area contributed by atoms with E-state index in [1.165, 1.54) is 0 Å². The van der Waals surface area contributed by atoms with Crippen molar-refractivity contribution in [2.75, 3.05) is 6.54 Å². The van der Waals surface area contributed by atoms with Crippen molar-refractivity contribution in [2.45, 2.75) is 57.0 Å². The summed E-state index contributed by atoms with van der Waals surface area (Å²) in [4.78, 5) is 0.300. The van der Waals surface area contributed by atoms with Gasteiger partial charge in [-0.25, -0.2) is 13.1 Å². The highest BCUT2D eigenvalue weighted by atomic mass is 32.2. The zero-order valence-electron chi connectivity index (χ0n) is 11.7. The van der Waals surface area contributed by atoms with E-state index in [2.05, 4.69) is 9.82 Å². The molecule has 0 spiro atoms. The highest BCUT2D eigenvalue weighted by Crippen LogP contribution is 2.33. The van der Waals surface area contributed by atoms with Crippen molar-refractivity contribution in [2.24, 2.45) is 5.73 Å². The summed E-state index contributed by atoms with van der Waals surface area (Å²) in [6, 6.07) is 0. The summed E-state index contributed by atoms with van der Waals surface area (Å²) in [6.07, 6.45) is 2.85. The maximum atomic E-state index is 12.5. The molecule has 0 saturated heterocycles. The van der Waals surface area contributed by atoms with Crippen LogP contribution in [0.15, 0.2) is 4.90 Å². The van der Waals surface area contributed by atoms with Gasteiger partial charge in [0.1, 0.15) is 4.90 Å². The number of nitrogens with two attached hydrogens (primary N) is 1. The third-order valence-corrected chi connectivity index (χ3v) is 5.65. The molecule has 1 heterocycles.